The average Bonchev–Trinajstić information content (AvgIpc) is 3.50. The van der Waals surface area contributed by atoms with E-state index >= 15 is 0 Å². The maximum absolute atomic E-state index is 12.5. The number of carbonyl (C=O) groups is 2. The molecule has 0 bridgehead atoms. The predicted octanol–water partition coefficient (Wildman–Crippen LogP) is 6.58. The van der Waals surface area contributed by atoms with E-state index in [0.29, 0.717) is 12.5 Å². The van der Waals surface area contributed by atoms with Gasteiger partial charge >= 0.3 is 12.2 Å². The molecule has 2 saturated heterocycles. The molecular formula is C33H36N6O4. The van der Waals surface area contributed by atoms with Crippen molar-refractivity contribution in [1.82, 2.24) is 29.7 Å². The molecule has 0 radical (unpaired) electrons. The number of ether oxygens (including phenoxy) is 2. The van der Waals surface area contributed by atoms with Gasteiger partial charge in [-0.1, -0.05) is 48.5 Å². The highest BCUT2D eigenvalue weighted by Crippen LogP contribution is 2.47. The number of aromatic amines is 2. The lowest BCUT2D eigenvalue weighted by molar-refractivity contribution is 0.116. The maximum atomic E-state index is 12.5. The number of benzene rings is 2. The summed E-state index contributed by atoms with van der Waals surface area (Å²) < 4.78 is 10.0. The fourth-order valence-corrected chi connectivity index (χ4v) is 6.73. The van der Waals surface area contributed by atoms with E-state index in [0.717, 1.165) is 77.0 Å². The molecule has 4 aromatic rings. The van der Waals surface area contributed by atoms with E-state index in [4.69, 9.17) is 9.47 Å². The molecule has 2 N–H and O–H groups in total. The SMILES string of the molecule is COC(=O)N1CCC[C@H]1c1ncc(-c2ccc(-c3ccc(-c4cnc([C@@H]5C[C@H](C6CC6)CN5C(=O)OC)[nH]4)cc3)cc2)[nH]1. The van der Waals surface area contributed by atoms with E-state index in [1.807, 2.05) is 17.3 Å². The minimum absolute atomic E-state index is 0.0829. The summed E-state index contributed by atoms with van der Waals surface area (Å²) in [6.45, 7) is 1.42. The van der Waals surface area contributed by atoms with Crippen molar-refractivity contribution in [2.75, 3.05) is 27.3 Å². The molecule has 1 saturated carbocycles. The van der Waals surface area contributed by atoms with Gasteiger partial charge in [-0.15, -0.1) is 0 Å². The number of imidazole rings is 2. The van der Waals surface area contributed by atoms with Crippen LogP contribution in [0, 0.1) is 11.8 Å². The molecule has 3 aliphatic rings. The van der Waals surface area contributed by atoms with Crippen LogP contribution in [0.2, 0.25) is 0 Å². The first kappa shape index (κ1) is 27.2. The van der Waals surface area contributed by atoms with Crippen LogP contribution in [0.3, 0.4) is 0 Å². The summed E-state index contributed by atoms with van der Waals surface area (Å²) >= 11 is 0. The lowest BCUT2D eigenvalue weighted by atomic mass is 10.0. The second-order valence-corrected chi connectivity index (χ2v) is 11.8. The van der Waals surface area contributed by atoms with Crippen LogP contribution >= 0.6 is 0 Å². The first-order chi connectivity index (χ1) is 21.0. The van der Waals surface area contributed by atoms with Gasteiger partial charge in [0.2, 0.25) is 0 Å². The fourth-order valence-electron chi connectivity index (χ4n) is 6.73. The van der Waals surface area contributed by atoms with Gasteiger partial charge in [-0.3, -0.25) is 9.80 Å². The third kappa shape index (κ3) is 5.26. The second-order valence-electron chi connectivity index (χ2n) is 11.8. The second kappa shape index (κ2) is 11.2. The fraction of sp³-hybridized carbons (Fsp3) is 0.394. The minimum atomic E-state index is -0.315. The van der Waals surface area contributed by atoms with E-state index in [1.165, 1.54) is 27.1 Å². The summed E-state index contributed by atoms with van der Waals surface area (Å²) in [6.07, 6.45) is 8.32. The van der Waals surface area contributed by atoms with Crippen LogP contribution in [-0.2, 0) is 9.47 Å². The van der Waals surface area contributed by atoms with Crippen molar-refractivity contribution in [2.24, 2.45) is 11.8 Å². The highest BCUT2D eigenvalue weighted by atomic mass is 16.5. The molecule has 3 fully saturated rings. The molecule has 7 rings (SSSR count). The molecule has 2 aliphatic heterocycles. The van der Waals surface area contributed by atoms with Gasteiger partial charge in [0.15, 0.2) is 0 Å². The zero-order valence-corrected chi connectivity index (χ0v) is 24.5. The van der Waals surface area contributed by atoms with Gasteiger partial charge in [0.1, 0.15) is 11.6 Å². The number of methoxy groups -OCH3 is 2. The molecule has 0 spiro atoms. The molecule has 2 amide bonds. The van der Waals surface area contributed by atoms with Gasteiger partial charge in [-0.2, -0.15) is 0 Å². The number of carbonyl (C=O) groups excluding carboxylic acids is 2. The number of nitrogens with zero attached hydrogens (tertiary/aromatic N) is 4. The molecule has 43 heavy (non-hydrogen) atoms. The Kier molecular flexibility index (Phi) is 7.12. The normalized spacial score (nSPS) is 21.8. The molecule has 2 aromatic heterocycles. The van der Waals surface area contributed by atoms with Crippen LogP contribution < -0.4 is 0 Å². The van der Waals surface area contributed by atoms with Crippen LogP contribution in [0.4, 0.5) is 9.59 Å². The number of amides is 2. The highest BCUT2D eigenvalue weighted by molar-refractivity contribution is 5.72. The zero-order valence-electron chi connectivity index (χ0n) is 24.5. The Morgan fingerprint density at radius 3 is 1.74 bits per heavy atom. The van der Waals surface area contributed by atoms with Crippen molar-refractivity contribution in [3.63, 3.8) is 0 Å². The third-order valence-electron chi connectivity index (χ3n) is 9.24. The Morgan fingerprint density at radius 2 is 1.21 bits per heavy atom. The van der Waals surface area contributed by atoms with Crippen molar-refractivity contribution < 1.29 is 19.1 Å². The number of hydrogen-bond donors (Lipinski definition) is 2. The number of aromatic nitrogens is 4. The molecule has 0 unspecified atom stereocenters. The van der Waals surface area contributed by atoms with E-state index in [9.17, 15) is 9.59 Å². The standard InChI is InChI=1S/C33H36N6O4/c1-42-32(40)38-15-3-4-28(38)30-34-17-26(36-30)23-11-7-20(8-12-23)21-9-13-24(14-10-21)27-18-35-31(37-27)29-16-25(22-5-6-22)19-39(29)33(41)43-2/h7-14,17-18,22,25,28-29H,3-6,15-16,19H2,1-2H3,(H,34,36)(H,35,37)/t25-,28-,29-/m0/s1. The average molecular weight is 581 g/mol. The molecule has 10 heteroatoms. The number of H-pyrrole nitrogens is 2. The first-order valence-corrected chi connectivity index (χ1v) is 15.0. The Labute approximate surface area is 250 Å². The summed E-state index contributed by atoms with van der Waals surface area (Å²) in [5, 5.41) is 0. The van der Waals surface area contributed by atoms with E-state index < -0.39 is 0 Å². The molecule has 10 nitrogen and oxygen atoms in total. The number of nitrogens with one attached hydrogen (secondary N) is 2. The van der Waals surface area contributed by atoms with Crippen molar-refractivity contribution in [1.29, 1.82) is 0 Å². The van der Waals surface area contributed by atoms with Gasteiger partial charge < -0.3 is 19.4 Å². The van der Waals surface area contributed by atoms with Gasteiger partial charge in [-0.05, 0) is 66.2 Å². The van der Waals surface area contributed by atoms with E-state index in [-0.39, 0.29) is 24.3 Å². The summed E-state index contributed by atoms with van der Waals surface area (Å²) in [5.41, 5.74) is 6.14. The van der Waals surface area contributed by atoms with Crippen LogP contribution in [0.15, 0.2) is 60.9 Å². The van der Waals surface area contributed by atoms with Gasteiger partial charge in [0.25, 0.3) is 0 Å². The van der Waals surface area contributed by atoms with Crippen LogP contribution in [0.1, 0.15) is 55.8 Å². The quantitative estimate of drug-likeness (QED) is 0.266. The van der Waals surface area contributed by atoms with E-state index in [1.54, 1.807) is 4.90 Å². The number of hydrogen-bond acceptors (Lipinski definition) is 6. The summed E-state index contributed by atoms with van der Waals surface area (Å²) in [6, 6.07) is 16.6. The van der Waals surface area contributed by atoms with Crippen LogP contribution in [-0.4, -0.2) is 69.2 Å². The van der Waals surface area contributed by atoms with Crippen molar-refractivity contribution >= 4 is 12.2 Å². The highest BCUT2D eigenvalue weighted by Gasteiger charge is 2.44. The monoisotopic (exact) mass is 580 g/mol. The molecule has 4 heterocycles. The molecule has 1 aliphatic carbocycles. The van der Waals surface area contributed by atoms with Crippen molar-refractivity contribution in [2.45, 2.75) is 44.2 Å². The number of rotatable bonds is 6. The molecule has 2 aromatic carbocycles. The Hall–Kier alpha value is -4.60. The Morgan fingerprint density at radius 1 is 0.698 bits per heavy atom. The van der Waals surface area contributed by atoms with E-state index in [2.05, 4.69) is 68.5 Å². The lowest BCUT2D eigenvalue weighted by Crippen LogP contribution is -2.31. The minimum Gasteiger partial charge on any atom is -0.453 e. The van der Waals surface area contributed by atoms with Gasteiger partial charge in [-0.25, -0.2) is 19.6 Å². The van der Waals surface area contributed by atoms with Crippen LogP contribution in [0.5, 0.6) is 0 Å². The zero-order chi connectivity index (χ0) is 29.5. The molecular weight excluding hydrogens is 544 g/mol. The summed E-state index contributed by atoms with van der Waals surface area (Å²) in [5.74, 6) is 2.84. The third-order valence-corrected chi connectivity index (χ3v) is 9.24. The summed E-state index contributed by atoms with van der Waals surface area (Å²) in [4.78, 5) is 44.3. The topological polar surface area (TPSA) is 116 Å². The number of likely N-dealkylation sites (tertiary alicyclic amines) is 2. The molecule has 222 valence electrons. The Bertz CT molecular complexity index is 1610. The van der Waals surface area contributed by atoms with Gasteiger partial charge in [0.05, 0.1) is 50.1 Å². The smallest absolute Gasteiger partial charge is 0.410 e. The van der Waals surface area contributed by atoms with Gasteiger partial charge in [0, 0.05) is 13.1 Å². The molecule has 3 atom stereocenters. The Balaban J connectivity index is 1.04. The van der Waals surface area contributed by atoms with Crippen molar-refractivity contribution in [3.8, 4) is 33.6 Å². The van der Waals surface area contributed by atoms with Crippen molar-refractivity contribution in [3.05, 3.63) is 72.6 Å². The summed E-state index contributed by atoms with van der Waals surface area (Å²) in [7, 11) is 2.85. The maximum Gasteiger partial charge on any atom is 0.410 e. The predicted molar refractivity (Wildman–Crippen MR) is 161 cm³/mol. The largest absolute Gasteiger partial charge is 0.453 e. The lowest BCUT2D eigenvalue weighted by Gasteiger charge is -2.21. The van der Waals surface area contributed by atoms with Crippen LogP contribution in [0.25, 0.3) is 33.6 Å². The first-order valence-electron chi connectivity index (χ1n) is 15.0.